The number of amides is 1. The molecule has 1 saturated heterocycles. The van der Waals surface area contributed by atoms with E-state index in [0.29, 0.717) is 17.8 Å². The van der Waals surface area contributed by atoms with Gasteiger partial charge in [-0.25, -0.2) is 0 Å². The van der Waals surface area contributed by atoms with Crippen LogP contribution in [-0.2, 0) is 4.79 Å². The van der Waals surface area contributed by atoms with Crippen LogP contribution in [0.15, 0.2) is 29.2 Å². The van der Waals surface area contributed by atoms with Gasteiger partial charge < -0.3 is 10.0 Å². The van der Waals surface area contributed by atoms with Gasteiger partial charge in [-0.1, -0.05) is 6.07 Å². The molecule has 1 amide bonds. The Hall–Kier alpha value is -1.16. The fourth-order valence-electron chi connectivity index (χ4n) is 2.71. The summed E-state index contributed by atoms with van der Waals surface area (Å²) in [5, 5.41) is 9.40. The normalized spacial score (nSPS) is 23.4. The smallest absolute Gasteiger partial charge is 0.233 e. The third-order valence-electron chi connectivity index (χ3n) is 3.66. The Morgan fingerprint density at radius 3 is 2.68 bits per heavy atom. The molecule has 3 nitrogen and oxygen atoms in total. The van der Waals surface area contributed by atoms with Crippen LogP contribution >= 0.6 is 11.8 Å². The van der Waals surface area contributed by atoms with Crippen molar-refractivity contribution >= 4 is 17.7 Å². The second-order valence-corrected chi connectivity index (χ2v) is 6.26. The van der Waals surface area contributed by atoms with E-state index in [0.717, 1.165) is 17.7 Å². The number of piperidine rings is 1. The number of phenols is 1. The second-order valence-electron chi connectivity index (χ2n) is 5.22. The van der Waals surface area contributed by atoms with Crippen molar-refractivity contribution in [3.8, 4) is 5.75 Å². The lowest BCUT2D eigenvalue weighted by atomic mass is 9.98. The predicted molar refractivity (Wildman–Crippen MR) is 78.5 cm³/mol. The van der Waals surface area contributed by atoms with Crippen LogP contribution in [-0.4, -0.2) is 33.8 Å². The fraction of sp³-hybridized carbons (Fsp3) is 0.533. The average molecular weight is 279 g/mol. The first-order chi connectivity index (χ1) is 9.08. The molecule has 4 heteroatoms. The first-order valence-electron chi connectivity index (χ1n) is 6.81. The molecule has 19 heavy (non-hydrogen) atoms. The van der Waals surface area contributed by atoms with E-state index in [4.69, 9.17) is 0 Å². The molecule has 1 aliphatic heterocycles. The molecule has 0 saturated carbocycles. The average Bonchev–Trinajstić information content (AvgIpc) is 2.36. The Kier molecular flexibility index (Phi) is 4.75. The van der Waals surface area contributed by atoms with E-state index in [9.17, 15) is 9.90 Å². The van der Waals surface area contributed by atoms with E-state index in [1.165, 1.54) is 18.2 Å². The van der Waals surface area contributed by atoms with Gasteiger partial charge in [-0.05, 0) is 51.3 Å². The van der Waals surface area contributed by atoms with Gasteiger partial charge in [-0.3, -0.25) is 4.79 Å². The van der Waals surface area contributed by atoms with Crippen LogP contribution < -0.4 is 0 Å². The number of hydrogen-bond acceptors (Lipinski definition) is 3. The minimum Gasteiger partial charge on any atom is -0.508 e. The summed E-state index contributed by atoms with van der Waals surface area (Å²) in [6, 6.07) is 7.75. The summed E-state index contributed by atoms with van der Waals surface area (Å²) in [5.41, 5.74) is 0. The molecule has 104 valence electrons. The molecule has 1 aromatic carbocycles. The number of phenolic OH excluding ortho intramolecular Hbond substituents is 1. The molecule has 2 atom stereocenters. The highest BCUT2D eigenvalue weighted by Crippen LogP contribution is 2.26. The molecule has 1 N–H and O–H groups in total. The summed E-state index contributed by atoms with van der Waals surface area (Å²) in [6.45, 7) is 4.26. The van der Waals surface area contributed by atoms with E-state index in [-0.39, 0.29) is 11.7 Å². The molecule has 2 unspecified atom stereocenters. The summed E-state index contributed by atoms with van der Waals surface area (Å²) < 4.78 is 0. The van der Waals surface area contributed by atoms with Crippen molar-refractivity contribution < 1.29 is 9.90 Å². The Bertz CT molecular complexity index is 440. The van der Waals surface area contributed by atoms with Gasteiger partial charge in [0.15, 0.2) is 0 Å². The summed E-state index contributed by atoms with van der Waals surface area (Å²) in [4.78, 5) is 15.3. The maximum atomic E-state index is 12.3. The summed E-state index contributed by atoms with van der Waals surface area (Å²) >= 11 is 1.49. The van der Waals surface area contributed by atoms with Crippen LogP contribution in [0.1, 0.15) is 33.1 Å². The first-order valence-corrected chi connectivity index (χ1v) is 7.79. The van der Waals surface area contributed by atoms with E-state index < -0.39 is 0 Å². The van der Waals surface area contributed by atoms with Crippen LogP contribution in [0.3, 0.4) is 0 Å². The maximum Gasteiger partial charge on any atom is 0.233 e. The van der Waals surface area contributed by atoms with Crippen molar-refractivity contribution in [2.24, 2.45) is 0 Å². The molecular weight excluding hydrogens is 258 g/mol. The standard InChI is InChI=1S/C15H21NO2S/c1-11-5-3-6-12(2)16(11)15(18)10-19-14-8-4-7-13(17)9-14/h4,7-9,11-12,17H,3,5-6,10H2,1-2H3. The van der Waals surface area contributed by atoms with Crippen LogP contribution in [0.5, 0.6) is 5.75 Å². The molecule has 0 aromatic heterocycles. The lowest BCUT2D eigenvalue weighted by Gasteiger charge is -2.39. The zero-order chi connectivity index (χ0) is 13.8. The number of carbonyl (C=O) groups is 1. The number of benzene rings is 1. The Morgan fingerprint density at radius 2 is 2.05 bits per heavy atom. The lowest BCUT2D eigenvalue weighted by Crippen LogP contribution is -2.48. The van der Waals surface area contributed by atoms with Crippen molar-refractivity contribution in [3.05, 3.63) is 24.3 Å². The maximum absolute atomic E-state index is 12.3. The van der Waals surface area contributed by atoms with Gasteiger partial charge in [0.1, 0.15) is 5.75 Å². The molecule has 0 radical (unpaired) electrons. The van der Waals surface area contributed by atoms with Crippen LogP contribution in [0.2, 0.25) is 0 Å². The molecule has 1 fully saturated rings. The van der Waals surface area contributed by atoms with Gasteiger partial charge in [0.05, 0.1) is 5.75 Å². The molecule has 2 rings (SSSR count). The van der Waals surface area contributed by atoms with E-state index in [2.05, 4.69) is 13.8 Å². The Balaban J connectivity index is 1.93. The Labute approximate surface area is 119 Å². The Morgan fingerprint density at radius 1 is 1.37 bits per heavy atom. The number of likely N-dealkylation sites (tertiary alicyclic amines) is 1. The van der Waals surface area contributed by atoms with Crippen LogP contribution in [0.25, 0.3) is 0 Å². The number of hydrogen-bond donors (Lipinski definition) is 1. The van der Waals surface area contributed by atoms with Gasteiger partial charge in [-0.15, -0.1) is 11.8 Å². The zero-order valence-corrected chi connectivity index (χ0v) is 12.3. The molecule has 1 aromatic rings. The molecule has 0 spiro atoms. The van der Waals surface area contributed by atoms with Crippen molar-refractivity contribution in [3.63, 3.8) is 0 Å². The lowest BCUT2D eigenvalue weighted by molar-refractivity contribution is -0.134. The van der Waals surface area contributed by atoms with Gasteiger partial charge in [0, 0.05) is 17.0 Å². The fourth-order valence-corrected chi connectivity index (χ4v) is 3.52. The first kappa shape index (κ1) is 14.3. The van der Waals surface area contributed by atoms with E-state index >= 15 is 0 Å². The number of aromatic hydroxyl groups is 1. The van der Waals surface area contributed by atoms with Gasteiger partial charge in [0.25, 0.3) is 0 Å². The van der Waals surface area contributed by atoms with Gasteiger partial charge >= 0.3 is 0 Å². The topological polar surface area (TPSA) is 40.5 Å². The van der Waals surface area contributed by atoms with Crippen molar-refractivity contribution in [1.29, 1.82) is 0 Å². The predicted octanol–water partition coefficient (Wildman–Crippen LogP) is 3.27. The summed E-state index contributed by atoms with van der Waals surface area (Å²) in [6.07, 6.45) is 3.42. The highest BCUT2D eigenvalue weighted by Gasteiger charge is 2.28. The summed E-state index contributed by atoms with van der Waals surface area (Å²) in [7, 11) is 0. The van der Waals surface area contributed by atoms with Crippen molar-refractivity contribution in [2.45, 2.75) is 50.1 Å². The quantitative estimate of drug-likeness (QED) is 0.863. The highest BCUT2D eigenvalue weighted by molar-refractivity contribution is 8.00. The van der Waals surface area contributed by atoms with E-state index in [1.54, 1.807) is 18.2 Å². The largest absolute Gasteiger partial charge is 0.508 e. The zero-order valence-electron chi connectivity index (χ0n) is 11.5. The highest BCUT2D eigenvalue weighted by atomic mass is 32.2. The molecule has 1 aliphatic rings. The molecule has 1 heterocycles. The van der Waals surface area contributed by atoms with Gasteiger partial charge in [-0.2, -0.15) is 0 Å². The van der Waals surface area contributed by atoms with Crippen LogP contribution in [0, 0.1) is 0 Å². The number of nitrogens with zero attached hydrogens (tertiary/aromatic N) is 1. The molecule has 0 aliphatic carbocycles. The third kappa shape index (κ3) is 3.66. The minimum atomic E-state index is 0.202. The molecule has 0 bridgehead atoms. The second kappa shape index (κ2) is 6.33. The van der Waals surface area contributed by atoms with Crippen molar-refractivity contribution in [1.82, 2.24) is 4.90 Å². The number of carbonyl (C=O) groups excluding carboxylic acids is 1. The van der Waals surface area contributed by atoms with E-state index in [1.807, 2.05) is 11.0 Å². The van der Waals surface area contributed by atoms with Gasteiger partial charge in [0.2, 0.25) is 5.91 Å². The number of rotatable bonds is 3. The summed E-state index contributed by atoms with van der Waals surface area (Å²) in [5.74, 6) is 0.892. The van der Waals surface area contributed by atoms with Crippen LogP contribution in [0.4, 0.5) is 0 Å². The SMILES string of the molecule is CC1CCCC(C)N1C(=O)CSc1cccc(O)c1. The molecular formula is C15H21NO2S. The monoisotopic (exact) mass is 279 g/mol. The number of thioether (sulfide) groups is 1. The van der Waals surface area contributed by atoms with Crippen molar-refractivity contribution in [2.75, 3.05) is 5.75 Å². The minimum absolute atomic E-state index is 0.202. The third-order valence-corrected chi connectivity index (χ3v) is 4.64.